The topological polar surface area (TPSA) is 19.0 Å². The van der Waals surface area contributed by atoms with Gasteiger partial charge in [0, 0.05) is 63.7 Å². The predicted octanol–water partition coefficient (Wildman–Crippen LogP) is 5.01. The van der Waals surface area contributed by atoms with Gasteiger partial charge in [-0.25, -0.2) is 0 Å². The minimum atomic E-state index is 0.822. The van der Waals surface area contributed by atoms with Crippen molar-refractivity contribution >= 4 is 5.69 Å². The molecule has 0 spiro atoms. The molecule has 0 saturated carbocycles. The molecule has 3 aromatic rings. The van der Waals surface area contributed by atoms with Gasteiger partial charge in [0.05, 0.1) is 6.61 Å². The van der Waals surface area contributed by atoms with E-state index in [-0.39, 0.29) is 0 Å². The van der Waals surface area contributed by atoms with E-state index >= 15 is 0 Å². The summed E-state index contributed by atoms with van der Waals surface area (Å²) in [6, 6.07) is 30.2. The third-order valence-corrected chi connectivity index (χ3v) is 6.38. The number of hydrogen-bond donors (Lipinski definition) is 0. The normalized spacial score (nSPS) is 14.7. The molecule has 0 N–H and O–H groups in total. The van der Waals surface area contributed by atoms with Crippen LogP contribution in [0.2, 0.25) is 0 Å². The van der Waals surface area contributed by atoms with Gasteiger partial charge in [-0.2, -0.15) is 0 Å². The van der Waals surface area contributed by atoms with Crippen LogP contribution in [0.15, 0.2) is 84.9 Å². The SMILES string of the molecule is CN(CCCOCCN1CCN(c2ccccc2-c2ccccc2)CC1)Cc1ccccc1. The van der Waals surface area contributed by atoms with Crippen LogP contribution >= 0.6 is 0 Å². The quantitative estimate of drug-likeness (QED) is 0.388. The van der Waals surface area contributed by atoms with Gasteiger partial charge in [0.2, 0.25) is 0 Å². The van der Waals surface area contributed by atoms with Gasteiger partial charge < -0.3 is 14.5 Å². The maximum atomic E-state index is 5.94. The first-order valence-corrected chi connectivity index (χ1v) is 12.2. The van der Waals surface area contributed by atoms with Gasteiger partial charge in [0.25, 0.3) is 0 Å². The summed E-state index contributed by atoms with van der Waals surface area (Å²) in [5.41, 5.74) is 5.33. The molecule has 1 saturated heterocycles. The molecule has 0 aliphatic carbocycles. The van der Waals surface area contributed by atoms with E-state index in [0.29, 0.717) is 0 Å². The molecule has 1 fully saturated rings. The molecule has 33 heavy (non-hydrogen) atoms. The third kappa shape index (κ3) is 7.16. The minimum Gasteiger partial charge on any atom is -0.380 e. The van der Waals surface area contributed by atoms with E-state index in [1.165, 1.54) is 22.4 Å². The fourth-order valence-corrected chi connectivity index (χ4v) is 4.53. The zero-order valence-electron chi connectivity index (χ0n) is 19.9. The summed E-state index contributed by atoms with van der Waals surface area (Å²) in [7, 11) is 2.18. The second-order valence-electron chi connectivity index (χ2n) is 8.90. The summed E-state index contributed by atoms with van der Waals surface area (Å²) in [5.74, 6) is 0. The number of para-hydroxylation sites is 1. The lowest BCUT2D eigenvalue weighted by Crippen LogP contribution is -2.47. The fourth-order valence-electron chi connectivity index (χ4n) is 4.53. The van der Waals surface area contributed by atoms with Crippen molar-refractivity contribution in [3.63, 3.8) is 0 Å². The first-order valence-electron chi connectivity index (χ1n) is 12.2. The molecule has 0 radical (unpaired) electrons. The number of rotatable bonds is 11. The van der Waals surface area contributed by atoms with Crippen molar-refractivity contribution < 1.29 is 4.74 Å². The molecule has 0 amide bonds. The van der Waals surface area contributed by atoms with Crippen LogP contribution in [0.1, 0.15) is 12.0 Å². The first kappa shape index (κ1) is 23.5. The van der Waals surface area contributed by atoms with Crippen molar-refractivity contribution in [2.75, 3.05) is 64.4 Å². The van der Waals surface area contributed by atoms with Crippen LogP contribution in [0.3, 0.4) is 0 Å². The summed E-state index contributed by atoms with van der Waals surface area (Å²) in [6.07, 6.45) is 1.08. The first-order chi connectivity index (χ1) is 16.3. The molecule has 4 rings (SSSR count). The van der Waals surface area contributed by atoms with Crippen LogP contribution in [0, 0.1) is 0 Å². The third-order valence-electron chi connectivity index (χ3n) is 6.38. The van der Waals surface area contributed by atoms with E-state index in [1.54, 1.807) is 0 Å². The van der Waals surface area contributed by atoms with E-state index < -0.39 is 0 Å². The van der Waals surface area contributed by atoms with Crippen molar-refractivity contribution in [2.24, 2.45) is 0 Å². The lowest BCUT2D eigenvalue weighted by Gasteiger charge is -2.37. The number of anilines is 1. The molecule has 1 aliphatic rings. The van der Waals surface area contributed by atoms with Gasteiger partial charge in [0.15, 0.2) is 0 Å². The Labute approximate surface area is 199 Å². The van der Waals surface area contributed by atoms with Crippen molar-refractivity contribution in [1.29, 1.82) is 0 Å². The summed E-state index contributed by atoms with van der Waals surface area (Å²) in [6.45, 7) is 9.05. The van der Waals surface area contributed by atoms with Crippen LogP contribution in [0.4, 0.5) is 5.69 Å². The van der Waals surface area contributed by atoms with Crippen molar-refractivity contribution in [2.45, 2.75) is 13.0 Å². The van der Waals surface area contributed by atoms with Crippen molar-refractivity contribution in [3.8, 4) is 11.1 Å². The van der Waals surface area contributed by atoms with Gasteiger partial charge >= 0.3 is 0 Å². The minimum absolute atomic E-state index is 0.822. The van der Waals surface area contributed by atoms with Crippen LogP contribution in [0.25, 0.3) is 11.1 Å². The summed E-state index contributed by atoms with van der Waals surface area (Å²) in [5, 5.41) is 0. The van der Waals surface area contributed by atoms with Crippen LogP contribution < -0.4 is 4.90 Å². The van der Waals surface area contributed by atoms with Crippen LogP contribution in [0.5, 0.6) is 0 Å². The van der Waals surface area contributed by atoms with Crippen molar-refractivity contribution in [3.05, 3.63) is 90.5 Å². The lowest BCUT2D eigenvalue weighted by atomic mass is 10.0. The maximum absolute atomic E-state index is 5.94. The summed E-state index contributed by atoms with van der Waals surface area (Å²) >= 11 is 0. The van der Waals surface area contributed by atoms with Crippen molar-refractivity contribution in [1.82, 2.24) is 9.80 Å². The fraction of sp³-hybridized carbons (Fsp3) is 0.379. The monoisotopic (exact) mass is 443 g/mol. The molecular formula is C29H37N3O. The zero-order valence-corrected chi connectivity index (χ0v) is 19.9. The number of piperazine rings is 1. The smallest absolute Gasteiger partial charge is 0.0593 e. The van der Waals surface area contributed by atoms with E-state index in [4.69, 9.17) is 4.74 Å². The second-order valence-corrected chi connectivity index (χ2v) is 8.90. The Morgan fingerprint density at radius 1 is 0.758 bits per heavy atom. The molecule has 1 aliphatic heterocycles. The Kier molecular flexibility index (Phi) is 8.93. The average molecular weight is 444 g/mol. The molecule has 4 heteroatoms. The number of nitrogens with zero attached hydrogens (tertiary/aromatic N) is 3. The van der Waals surface area contributed by atoms with Gasteiger partial charge in [-0.1, -0.05) is 78.9 Å². The Hall–Kier alpha value is -2.66. The number of ether oxygens (including phenoxy) is 1. The molecule has 1 heterocycles. The highest BCUT2D eigenvalue weighted by Crippen LogP contribution is 2.31. The highest BCUT2D eigenvalue weighted by atomic mass is 16.5. The highest BCUT2D eigenvalue weighted by Gasteiger charge is 2.19. The molecule has 174 valence electrons. The molecule has 0 aromatic heterocycles. The number of hydrogen-bond acceptors (Lipinski definition) is 4. The van der Waals surface area contributed by atoms with E-state index in [0.717, 1.165) is 65.4 Å². The Balaban J connectivity index is 1.13. The molecule has 0 bridgehead atoms. The molecule has 4 nitrogen and oxygen atoms in total. The lowest BCUT2D eigenvalue weighted by molar-refractivity contribution is 0.0944. The van der Waals surface area contributed by atoms with Crippen LogP contribution in [-0.4, -0.2) is 69.3 Å². The summed E-state index contributed by atoms with van der Waals surface area (Å²) < 4.78 is 5.94. The van der Waals surface area contributed by atoms with Gasteiger partial charge in [-0.15, -0.1) is 0 Å². The van der Waals surface area contributed by atoms with Crippen LogP contribution in [-0.2, 0) is 11.3 Å². The standard InChI is InChI=1S/C29H37N3O/c1-30(25-26-11-4-2-5-12-26)17-10-23-33-24-22-31-18-20-32(21-19-31)29-16-9-8-15-28(29)27-13-6-3-7-14-27/h2-9,11-16H,10,17-25H2,1H3. The Bertz CT molecular complexity index is 939. The van der Waals surface area contributed by atoms with Gasteiger partial charge in [-0.05, 0) is 30.7 Å². The molecule has 3 aromatic carbocycles. The number of benzene rings is 3. The Morgan fingerprint density at radius 2 is 1.42 bits per heavy atom. The predicted molar refractivity (Wildman–Crippen MR) is 139 cm³/mol. The zero-order chi connectivity index (χ0) is 22.7. The largest absolute Gasteiger partial charge is 0.380 e. The molecular weight excluding hydrogens is 406 g/mol. The average Bonchev–Trinajstić information content (AvgIpc) is 2.88. The summed E-state index contributed by atoms with van der Waals surface area (Å²) in [4.78, 5) is 7.43. The second kappa shape index (κ2) is 12.5. The highest BCUT2D eigenvalue weighted by molar-refractivity contribution is 5.78. The molecule has 0 atom stereocenters. The maximum Gasteiger partial charge on any atom is 0.0593 e. The Morgan fingerprint density at radius 3 is 2.18 bits per heavy atom. The van der Waals surface area contributed by atoms with E-state index in [2.05, 4.69) is 107 Å². The van der Waals surface area contributed by atoms with E-state index in [9.17, 15) is 0 Å². The molecule has 0 unspecified atom stereocenters. The van der Waals surface area contributed by atoms with Gasteiger partial charge in [-0.3, -0.25) is 4.90 Å². The van der Waals surface area contributed by atoms with Gasteiger partial charge in [0.1, 0.15) is 0 Å². The van der Waals surface area contributed by atoms with E-state index in [1.807, 2.05) is 0 Å².